The Morgan fingerprint density at radius 3 is 2.53 bits per heavy atom. The van der Waals surface area contributed by atoms with Crippen LogP contribution >= 0.6 is 0 Å². The van der Waals surface area contributed by atoms with Crippen LogP contribution in [-0.2, 0) is 4.79 Å². The second kappa shape index (κ2) is 4.97. The first kappa shape index (κ1) is 12.5. The number of nitrogens with zero attached hydrogens (tertiary/aromatic N) is 1. The Kier molecular flexibility index (Phi) is 4.14. The minimum absolute atomic E-state index is 0.141. The lowest BCUT2D eigenvalue weighted by molar-refractivity contribution is -0.136. The van der Waals surface area contributed by atoms with Crippen molar-refractivity contribution in [2.24, 2.45) is 11.7 Å². The van der Waals surface area contributed by atoms with E-state index in [1.165, 1.54) is 0 Å². The number of nitrogens with two attached hydrogens (primary N) is 1. The first-order chi connectivity index (χ1) is 6.99. The van der Waals surface area contributed by atoms with Crippen LogP contribution in [0, 0.1) is 5.92 Å². The normalized spacial score (nSPS) is 28.5. The van der Waals surface area contributed by atoms with E-state index in [1.54, 1.807) is 0 Å². The average Bonchev–Trinajstić information content (AvgIpc) is 2.57. The molecular weight excluding hydrogens is 188 g/mol. The van der Waals surface area contributed by atoms with Crippen LogP contribution in [-0.4, -0.2) is 28.9 Å². The van der Waals surface area contributed by atoms with Gasteiger partial charge in [0.1, 0.15) is 0 Å². The van der Waals surface area contributed by atoms with Gasteiger partial charge in [-0.05, 0) is 32.1 Å². The van der Waals surface area contributed by atoms with Crippen molar-refractivity contribution in [3.05, 3.63) is 0 Å². The van der Waals surface area contributed by atoms with Gasteiger partial charge in [-0.3, -0.25) is 4.79 Å². The topological polar surface area (TPSA) is 46.3 Å². The molecule has 0 aromatic rings. The molecule has 0 aliphatic carbocycles. The van der Waals surface area contributed by atoms with Crippen molar-refractivity contribution in [3.8, 4) is 0 Å². The van der Waals surface area contributed by atoms with Crippen molar-refractivity contribution < 1.29 is 4.79 Å². The molecule has 1 heterocycles. The predicted molar refractivity (Wildman–Crippen MR) is 62.4 cm³/mol. The lowest BCUT2D eigenvalue weighted by Gasteiger charge is -2.31. The van der Waals surface area contributed by atoms with Crippen molar-refractivity contribution >= 4 is 5.91 Å². The van der Waals surface area contributed by atoms with E-state index in [-0.39, 0.29) is 17.9 Å². The first-order valence-corrected chi connectivity index (χ1v) is 6.06. The predicted octanol–water partition coefficient (Wildman–Crippen LogP) is 1.76. The van der Waals surface area contributed by atoms with Crippen LogP contribution in [0.25, 0.3) is 0 Å². The highest BCUT2D eigenvalue weighted by Gasteiger charge is 2.35. The number of rotatable bonds is 3. The molecule has 0 bridgehead atoms. The average molecular weight is 212 g/mol. The zero-order valence-corrected chi connectivity index (χ0v) is 10.4. The Labute approximate surface area is 93.0 Å². The fraction of sp³-hybridized carbons (Fsp3) is 0.917. The SMILES string of the molecule is CCC1CCC(C)N1C(=O)[C@@H](N)C(C)C. The van der Waals surface area contributed by atoms with E-state index in [2.05, 4.69) is 13.8 Å². The third kappa shape index (κ3) is 2.51. The number of carbonyl (C=O) groups excluding carboxylic acids is 1. The van der Waals surface area contributed by atoms with Gasteiger partial charge in [0.25, 0.3) is 0 Å². The summed E-state index contributed by atoms with van der Waals surface area (Å²) in [4.78, 5) is 14.2. The number of hydrogen-bond donors (Lipinski definition) is 1. The fourth-order valence-corrected chi connectivity index (χ4v) is 2.33. The molecule has 15 heavy (non-hydrogen) atoms. The Morgan fingerprint density at radius 2 is 2.07 bits per heavy atom. The second-order valence-corrected chi connectivity index (χ2v) is 5.00. The van der Waals surface area contributed by atoms with Gasteiger partial charge in [-0.15, -0.1) is 0 Å². The molecule has 0 aromatic heterocycles. The molecule has 1 aliphatic rings. The number of amides is 1. The molecule has 0 aromatic carbocycles. The second-order valence-electron chi connectivity index (χ2n) is 5.00. The Morgan fingerprint density at radius 1 is 1.47 bits per heavy atom. The molecule has 88 valence electrons. The highest BCUT2D eigenvalue weighted by atomic mass is 16.2. The monoisotopic (exact) mass is 212 g/mol. The van der Waals surface area contributed by atoms with Gasteiger partial charge in [-0.25, -0.2) is 0 Å². The quantitative estimate of drug-likeness (QED) is 0.775. The molecule has 1 fully saturated rings. The van der Waals surface area contributed by atoms with Crippen LogP contribution in [0.4, 0.5) is 0 Å². The maximum absolute atomic E-state index is 12.2. The zero-order chi connectivity index (χ0) is 11.6. The van der Waals surface area contributed by atoms with Gasteiger partial charge in [0.15, 0.2) is 0 Å². The number of likely N-dealkylation sites (tertiary alicyclic amines) is 1. The summed E-state index contributed by atoms with van der Waals surface area (Å²) in [7, 11) is 0. The molecule has 2 N–H and O–H groups in total. The van der Waals surface area contributed by atoms with Crippen molar-refractivity contribution in [2.75, 3.05) is 0 Å². The number of carbonyl (C=O) groups is 1. The summed E-state index contributed by atoms with van der Waals surface area (Å²) in [6, 6.07) is 0.448. The van der Waals surface area contributed by atoms with Gasteiger partial charge in [-0.1, -0.05) is 20.8 Å². The Hall–Kier alpha value is -0.570. The molecule has 1 aliphatic heterocycles. The summed E-state index contributed by atoms with van der Waals surface area (Å²) in [5, 5.41) is 0. The van der Waals surface area contributed by atoms with E-state index in [0.29, 0.717) is 12.1 Å². The van der Waals surface area contributed by atoms with E-state index < -0.39 is 0 Å². The highest BCUT2D eigenvalue weighted by Crippen LogP contribution is 2.27. The summed E-state index contributed by atoms with van der Waals surface area (Å²) in [6.07, 6.45) is 3.30. The smallest absolute Gasteiger partial charge is 0.240 e. The summed E-state index contributed by atoms with van der Waals surface area (Å²) < 4.78 is 0. The summed E-state index contributed by atoms with van der Waals surface area (Å²) >= 11 is 0. The van der Waals surface area contributed by atoms with Crippen LogP contribution in [0.2, 0.25) is 0 Å². The molecule has 0 radical (unpaired) electrons. The van der Waals surface area contributed by atoms with E-state index >= 15 is 0 Å². The third-order valence-electron chi connectivity index (χ3n) is 3.52. The summed E-state index contributed by atoms with van der Waals surface area (Å²) in [5.41, 5.74) is 5.93. The minimum atomic E-state index is -0.334. The van der Waals surface area contributed by atoms with Gasteiger partial charge < -0.3 is 10.6 Å². The van der Waals surface area contributed by atoms with Crippen LogP contribution in [0.5, 0.6) is 0 Å². The molecule has 1 rings (SSSR count). The first-order valence-electron chi connectivity index (χ1n) is 6.06. The number of hydrogen-bond acceptors (Lipinski definition) is 2. The van der Waals surface area contributed by atoms with Crippen LogP contribution in [0.1, 0.15) is 47.0 Å². The van der Waals surface area contributed by atoms with E-state index in [0.717, 1.165) is 19.3 Å². The van der Waals surface area contributed by atoms with Crippen LogP contribution < -0.4 is 5.73 Å². The molecule has 3 heteroatoms. The Balaban J connectivity index is 2.72. The summed E-state index contributed by atoms with van der Waals surface area (Å²) in [5.74, 6) is 0.365. The van der Waals surface area contributed by atoms with Crippen LogP contribution in [0.3, 0.4) is 0 Å². The lowest BCUT2D eigenvalue weighted by atomic mass is 10.0. The van der Waals surface area contributed by atoms with Gasteiger partial charge in [0.2, 0.25) is 5.91 Å². The molecule has 2 unspecified atom stereocenters. The van der Waals surface area contributed by atoms with Gasteiger partial charge in [-0.2, -0.15) is 0 Å². The lowest BCUT2D eigenvalue weighted by Crippen LogP contribution is -2.50. The molecule has 0 saturated carbocycles. The van der Waals surface area contributed by atoms with Gasteiger partial charge in [0, 0.05) is 12.1 Å². The van der Waals surface area contributed by atoms with Crippen molar-refractivity contribution in [3.63, 3.8) is 0 Å². The van der Waals surface area contributed by atoms with Gasteiger partial charge in [0.05, 0.1) is 6.04 Å². The van der Waals surface area contributed by atoms with Gasteiger partial charge >= 0.3 is 0 Å². The zero-order valence-electron chi connectivity index (χ0n) is 10.4. The van der Waals surface area contributed by atoms with E-state index in [1.807, 2.05) is 18.7 Å². The molecule has 1 saturated heterocycles. The minimum Gasteiger partial charge on any atom is -0.336 e. The molecular formula is C12H24N2O. The van der Waals surface area contributed by atoms with Crippen molar-refractivity contribution in [2.45, 2.75) is 65.1 Å². The molecule has 3 nitrogen and oxygen atoms in total. The van der Waals surface area contributed by atoms with E-state index in [4.69, 9.17) is 5.73 Å². The third-order valence-corrected chi connectivity index (χ3v) is 3.52. The largest absolute Gasteiger partial charge is 0.336 e. The summed E-state index contributed by atoms with van der Waals surface area (Å²) in [6.45, 7) is 8.28. The maximum Gasteiger partial charge on any atom is 0.240 e. The molecule has 0 spiro atoms. The molecule has 1 amide bonds. The van der Waals surface area contributed by atoms with Crippen molar-refractivity contribution in [1.29, 1.82) is 0 Å². The highest BCUT2D eigenvalue weighted by molar-refractivity contribution is 5.82. The van der Waals surface area contributed by atoms with E-state index in [9.17, 15) is 4.79 Å². The molecule has 3 atom stereocenters. The van der Waals surface area contributed by atoms with Crippen molar-refractivity contribution in [1.82, 2.24) is 4.90 Å². The van der Waals surface area contributed by atoms with Crippen LogP contribution in [0.15, 0.2) is 0 Å². The standard InChI is InChI=1S/C12H24N2O/c1-5-10-7-6-9(4)14(10)12(15)11(13)8(2)3/h8-11H,5-7,13H2,1-4H3/t9?,10?,11-/m0/s1. The fourth-order valence-electron chi connectivity index (χ4n) is 2.33. The Bertz CT molecular complexity index is 228. The maximum atomic E-state index is 12.2.